The van der Waals surface area contributed by atoms with E-state index in [1.165, 1.54) is 27.5 Å². The number of rotatable bonds is 6. The van der Waals surface area contributed by atoms with E-state index in [0.29, 0.717) is 34.2 Å². The maximum atomic E-state index is 11.0. The fourth-order valence-corrected chi connectivity index (χ4v) is 2.18. The number of ether oxygens (including phenoxy) is 3. The van der Waals surface area contributed by atoms with Gasteiger partial charge < -0.3 is 24.7 Å². The molecule has 2 N–H and O–H groups in total. The molecule has 1 aromatic carbocycles. The molecule has 0 fully saturated rings. The average Bonchev–Trinajstić information content (AvgIpc) is 2.59. The summed E-state index contributed by atoms with van der Waals surface area (Å²) in [6.07, 6.45) is 2.32. The molecular formula is C16H19N3O4. The maximum absolute atomic E-state index is 11.0. The lowest BCUT2D eigenvalue weighted by atomic mass is 10.1. The SMILES string of the molecule is COc1cc(-c2cnc(N)c(C(C)C=O)n2)cc(OC)c1OC. The number of nitrogens with zero attached hydrogens (tertiary/aromatic N) is 2. The van der Waals surface area contributed by atoms with Gasteiger partial charge in [-0.25, -0.2) is 9.97 Å². The number of anilines is 1. The minimum absolute atomic E-state index is 0.237. The number of methoxy groups -OCH3 is 3. The Morgan fingerprint density at radius 3 is 2.22 bits per heavy atom. The van der Waals surface area contributed by atoms with E-state index in [-0.39, 0.29) is 5.82 Å². The summed E-state index contributed by atoms with van der Waals surface area (Å²) in [4.78, 5) is 19.6. The molecule has 23 heavy (non-hydrogen) atoms. The molecule has 0 aliphatic rings. The van der Waals surface area contributed by atoms with Crippen LogP contribution in [0.15, 0.2) is 18.3 Å². The van der Waals surface area contributed by atoms with Crippen LogP contribution in [0, 0.1) is 0 Å². The van der Waals surface area contributed by atoms with E-state index in [0.717, 1.165) is 6.29 Å². The topological polar surface area (TPSA) is 96.6 Å². The molecule has 122 valence electrons. The summed E-state index contributed by atoms with van der Waals surface area (Å²) in [6.45, 7) is 1.71. The van der Waals surface area contributed by atoms with Crippen LogP contribution in [0.2, 0.25) is 0 Å². The summed E-state index contributed by atoms with van der Waals surface area (Å²) in [5.74, 6) is 1.30. The normalized spacial score (nSPS) is 11.7. The molecule has 7 heteroatoms. The van der Waals surface area contributed by atoms with Crippen LogP contribution in [0.25, 0.3) is 11.3 Å². The van der Waals surface area contributed by atoms with Crippen LogP contribution in [0.3, 0.4) is 0 Å². The lowest BCUT2D eigenvalue weighted by molar-refractivity contribution is -0.108. The summed E-state index contributed by atoms with van der Waals surface area (Å²) in [7, 11) is 4.61. The number of nitrogens with two attached hydrogens (primary N) is 1. The molecule has 2 aromatic rings. The van der Waals surface area contributed by atoms with Crippen molar-refractivity contribution in [3.63, 3.8) is 0 Å². The van der Waals surface area contributed by atoms with Crippen LogP contribution < -0.4 is 19.9 Å². The first-order valence-corrected chi connectivity index (χ1v) is 6.93. The number of aromatic nitrogens is 2. The molecule has 0 aliphatic heterocycles. The second-order valence-corrected chi connectivity index (χ2v) is 4.86. The molecule has 0 spiro atoms. The molecule has 1 aromatic heterocycles. The Morgan fingerprint density at radius 1 is 1.13 bits per heavy atom. The van der Waals surface area contributed by atoms with Gasteiger partial charge in [-0.05, 0) is 19.1 Å². The molecule has 2 rings (SSSR count). The highest BCUT2D eigenvalue weighted by Crippen LogP contribution is 2.40. The molecule has 1 atom stereocenters. The Bertz CT molecular complexity index is 693. The predicted molar refractivity (Wildman–Crippen MR) is 86.0 cm³/mol. The first-order chi connectivity index (χ1) is 11.0. The van der Waals surface area contributed by atoms with E-state index in [9.17, 15) is 4.79 Å². The molecule has 0 aliphatic carbocycles. The number of carbonyl (C=O) groups excluding carboxylic acids is 1. The fraction of sp³-hybridized carbons (Fsp3) is 0.312. The van der Waals surface area contributed by atoms with Crippen LogP contribution >= 0.6 is 0 Å². The highest BCUT2D eigenvalue weighted by atomic mass is 16.5. The van der Waals surface area contributed by atoms with Crippen molar-refractivity contribution < 1.29 is 19.0 Å². The van der Waals surface area contributed by atoms with Gasteiger partial charge >= 0.3 is 0 Å². The Hall–Kier alpha value is -2.83. The summed E-state index contributed by atoms with van der Waals surface area (Å²) in [5.41, 5.74) is 7.51. The lowest BCUT2D eigenvalue weighted by Crippen LogP contribution is -2.07. The predicted octanol–water partition coefficient (Wildman–Crippen LogP) is 2.05. The number of benzene rings is 1. The standard InChI is InChI=1S/C16H19N3O4/c1-9(8-20)14-16(17)18-7-11(19-14)10-5-12(21-2)15(23-4)13(6-10)22-3/h5-9H,1-4H3,(H2,17,18). The van der Waals surface area contributed by atoms with Gasteiger partial charge in [-0.15, -0.1) is 0 Å². The zero-order valence-corrected chi connectivity index (χ0v) is 13.5. The molecule has 0 radical (unpaired) electrons. The molecule has 0 saturated carbocycles. The minimum Gasteiger partial charge on any atom is -0.493 e. The van der Waals surface area contributed by atoms with Gasteiger partial charge in [0.25, 0.3) is 0 Å². The molecule has 0 amide bonds. The van der Waals surface area contributed by atoms with Crippen molar-refractivity contribution in [2.45, 2.75) is 12.8 Å². The van der Waals surface area contributed by atoms with Crippen LogP contribution in [0.5, 0.6) is 17.2 Å². The van der Waals surface area contributed by atoms with Crippen molar-refractivity contribution in [1.29, 1.82) is 0 Å². The summed E-state index contributed by atoms with van der Waals surface area (Å²) in [6, 6.07) is 3.52. The van der Waals surface area contributed by atoms with E-state index >= 15 is 0 Å². The first kappa shape index (κ1) is 16.5. The second kappa shape index (κ2) is 6.95. The van der Waals surface area contributed by atoms with Crippen molar-refractivity contribution in [1.82, 2.24) is 9.97 Å². The van der Waals surface area contributed by atoms with Gasteiger partial charge in [-0.3, -0.25) is 0 Å². The van der Waals surface area contributed by atoms with Crippen LogP contribution in [-0.4, -0.2) is 37.6 Å². The average molecular weight is 317 g/mol. The third kappa shape index (κ3) is 3.18. The van der Waals surface area contributed by atoms with E-state index in [2.05, 4.69) is 9.97 Å². The lowest BCUT2D eigenvalue weighted by Gasteiger charge is -2.14. The van der Waals surface area contributed by atoms with E-state index in [1.54, 1.807) is 19.1 Å². The van der Waals surface area contributed by atoms with Gasteiger partial charge in [-0.2, -0.15) is 0 Å². The van der Waals surface area contributed by atoms with Gasteiger partial charge in [0.05, 0.1) is 44.8 Å². The Kier molecular flexibility index (Phi) is 5.00. The van der Waals surface area contributed by atoms with Crippen molar-refractivity contribution in [3.8, 4) is 28.5 Å². The largest absolute Gasteiger partial charge is 0.493 e. The van der Waals surface area contributed by atoms with Crippen LogP contribution in [0.1, 0.15) is 18.5 Å². The highest BCUT2D eigenvalue weighted by Gasteiger charge is 2.17. The monoisotopic (exact) mass is 317 g/mol. The molecule has 7 nitrogen and oxygen atoms in total. The zero-order chi connectivity index (χ0) is 17.0. The van der Waals surface area contributed by atoms with E-state index in [4.69, 9.17) is 19.9 Å². The number of aldehydes is 1. The van der Waals surface area contributed by atoms with Crippen molar-refractivity contribution in [2.75, 3.05) is 27.1 Å². The van der Waals surface area contributed by atoms with Gasteiger partial charge in [0.2, 0.25) is 5.75 Å². The first-order valence-electron chi connectivity index (χ1n) is 6.93. The Morgan fingerprint density at radius 2 is 1.74 bits per heavy atom. The third-order valence-electron chi connectivity index (χ3n) is 3.43. The van der Waals surface area contributed by atoms with Gasteiger partial charge in [0.15, 0.2) is 11.5 Å². The van der Waals surface area contributed by atoms with Crippen LogP contribution in [-0.2, 0) is 4.79 Å². The number of nitrogen functional groups attached to an aromatic ring is 1. The number of carbonyl (C=O) groups is 1. The van der Waals surface area contributed by atoms with E-state index in [1.807, 2.05) is 0 Å². The van der Waals surface area contributed by atoms with Gasteiger partial charge in [0.1, 0.15) is 12.1 Å². The Balaban J connectivity index is 2.60. The van der Waals surface area contributed by atoms with Crippen LogP contribution in [0.4, 0.5) is 5.82 Å². The highest BCUT2D eigenvalue weighted by molar-refractivity contribution is 5.70. The van der Waals surface area contributed by atoms with Crippen molar-refractivity contribution in [2.24, 2.45) is 0 Å². The Labute approximate surface area is 134 Å². The van der Waals surface area contributed by atoms with Gasteiger partial charge in [-0.1, -0.05) is 0 Å². The van der Waals surface area contributed by atoms with Gasteiger partial charge in [0, 0.05) is 5.56 Å². The fourth-order valence-electron chi connectivity index (χ4n) is 2.18. The molecular weight excluding hydrogens is 298 g/mol. The molecule has 0 bridgehead atoms. The smallest absolute Gasteiger partial charge is 0.203 e. The van der Waals surface area contributed by atoms with Crippen molar-refractivity contribution >= 4 is 12.1 Å². The maximum Gasteiger partial charge on any atom is 0.203 e. The summed E-state index contributed by atoms with van der Waals surface area (Å²) in [5, 5.41) is 0. The van der Waals surface area contributed by atoms with E-state index < -0.39 is 5.92 Å². The summed E-state index contributed by atoms with van der Waals surface area (Å²) < 4.78 is 16.0. The minimum atomic E-state index is -0.440. The van der Waals surface area contributed by atoms with Crippen molar-refractivity contribution in [3.05, 3.63) is 24.0 Å². The molecule has 1 unspecified atom stereocenters. The molecule has 0 saturated heterocycles. The summed E-state index contributed by atoms with van der Waals surface area (Å²) >= 11 is 0. The second-order valence-electron chi connectivity index (χ2n) is 4.86. The zero-order valence-electron chi connectivity index (χ0n) is 13.5. The molecule has 1 heterocycles. The number of hydrogen-bond acceptors (Lipinski definition) is 7. The number of hydrogen-bond donors (Lipinski definition) is 1. The third-order valence-corrected chi connectivity index (χ3v) is 3.43. The quantitative estimate of drug-likeness (QED) is 0.814.